The maximum atomic E-state index is 9.04. The van der Waals surface area contributed by atoms with Gasteiger partial charge in [-0.05, 0) is 42.8 Å². The first-order chi connectivity index (χ1) is 10.2. The van der Waals surface area contributed by atoms with E-state index in [0.29, 0.717) is 13.0 Å². The lowest BCUT2D eigenvalue weighted by Crippen LogP contribution is -2.02. The fourth-order valence-corrected chi connectivity index (χ4v) is 1.91. The second kappa shape index (κ2) is 7.26. The molecule has 0 amide bonds. The Bertz CT molecular complexity index is 648. The lowest BCUT2D eigenvalue weighted by Gasteiger charge is -2.00. The standard InChI is InChI=1S/C9H7N.C8H11NO2/c1-2-6-9-8(4-1)5-3-7-10-9;9-4-3-6-1-2-7(10)8(11)5-6/h1-7H;1-2,5,10-11H,3-4,9H2. The van der Waals surface area contributed by atoms with Gasteiger partial charge in [0.25, 0.3) is 0 Å². The number of hydrogen-bond acceptors (Lipinski definition) is 4. The summed E-state index contributed by atoms with van der Waals surface area (Å²) in [5, 5.41) is 19.2. The minimum atomic E-state index is -0.0919. The molecular weight excluding hydrogens is 264 g/mol. The zero-order valence-corrected chi connectivity index (χ0v) is 11.6. The van der Waals surface area contributed by atoms with Gasteiger partial charge in [0.15, 0.2) is 11.5 Å². The number of nitrogens with two attached hydrogens (primary N) is 1. The Morgan fingerprint density at radius 2 is 1.67 bits per heavy atom. The summed E-state index contributed by atoms with van der Waals surface area (Å²) in [5.74, 6) is -0.179. The highest BCUT2D eigenvalue weighted by Crippen LogP contribution is 2.24. The summed E-state index contributed by atoms with van der Waals surface area (Å²) >= 11 is 0. The molecule has 2 aromatic carbocycles. The van der Waals surface area contributed by atoms with Crippen LogP contribution in [0.4, 0.5) is 0 Å². The molecule has 0 atom stereocenters. The summed E-state index contributed by atoms with van der Waals surface area (Å²) in [6.07, 6.45) is 2.52. The van der Waals surface area contributed by atoms with Crippen LogP contribution in [-0.4, -0.2) is 21.7 Å². The summed E-state index contributed by atoms with van der Waals surface area (Å²) in [4.78, 5) is 4.18. The SMILES string of the molecule is NCCc1ccc(O)c(O)c1.c1ccc2ncccc2c1. The molecule has 21 heavy (non-hydrogen) atoms. The van der Waals surface area contributed by atoms with E-state index in [1.165, 1.54) is 17.5 Å². The van der Waals surface area contributed by atoms with Crippen molar-refractivity contribution in [3.63, 3.8) is 0 Å². The van der Waals surface area contributed by atoms with E-state index in [2.05, 4.69) is 17.1 Å². The summed E-state index contributed by atoms with van der Waals surface area (Å²) in [7, 11) is 0. The Morgan fingerprint density at radius 3 is 2.38 bits per heavy atom. The molecule has 3 aromatic rings. The third-order valence-corrected chi connectivity index (χ3v) is 2.99. The molecule has 0 aliphatic rings. The highest BCUT2D eigenvalue weighted by atomic mass is 16.3. The maximum Gasteiger partial charge on any atom is 0.157 e. The van der Waals surface area contributed by atoms with Gasteiger partial charge < -0.3 is 15.9 Å². The number of phenolic OH excluding ortho intramolecular Hbond substituents is 2. The second-order valence-electron chi connectivity index (χ2n) is 4.56. The van der Waals surface area contributed by atoms with Gasteiger partial charge in [0.1, 0.15) is 0 Å². The van der Waals surface area contributed by atoms with E-state index in [1.54, 1.807) is 6.07 Å². The number of para-hydroxylation sites is 1. The minimum Gasteiger partial charge on any atom is -0.504 e. The normalized spacial score (nSPS) is 9.95. The number of pyridine rings is 1. The van der Waals surface area contributed by atoms with Gasteiger partial charge in [-0.3, -0.25) is 4.98 Å². The minimum absolute atomic E-state index is 0.0871. The Labute approximate surface area is 123 Å². The summed E-state index contributed by atoms with van der Waals surface area (Å²) in [6.45, 7) is 0.546. The van der Waals surface area contributed by atoms with Crippen molar-refractivity contribution >= 4 is 10.9 Å². The van der Waals surface area contributed by atoms with Crippen LogP contribution in [0.3, 0.4) is 0 Å². The van der Waals surface area contributed by atoms with Gasteiger partial charge in [-0.25, -0.2) is 0 Å². The van der Waals surface area contributed by atoms with Crippen molar-refractivity contribution in [2.24, 2.45) is 5.73 Å². The Balaban J connectivity index is 0.000000154. The van der Waals surface area contributed by atoms with E-state index in [-0.39, 0.29) is 11.5 Å². The monoisotopic (exact) mass is 282 g/mol. The molecule has 3 rings (SSSR count). The highest BCUT2D eigenvalue weighted by molar-refractivity contribution is 5.77. The molecule has 0 radical (unpaired) electrons. The lowest BCUT2D eigenvalue weighted by atomic mass is 10.1. The van der Waals surface area contributed by atoms with Crippen molar-refractivity contribution in [3.05, 3.63) is 66.4 Å². The third-order valence-electron chi connectivity index (χ3n) is 2.99. The van der Waals surface area contributed by atoms with Crippen molar-refractivity contribution < 1.29 is 10.2 Å². The summed E-state index contributed by atoms with van der Waals surface area (Å²) < 4.78 is 0. The van der Waals surface area contributed by atoms with E-state index in [9.17, 15) is 0 Å². The summed E-state index contributed by atoms with van der Waals surface area (Å²) in [6, 6.07) is 16.8. The van der Waals surface area contributed by atoms with Crippen molar-refractivity contribution in [3.8, 4) is 11.5 Å². The van der Waals surface area contributed by atoms with Crippen LogP contribution in [0, 0.1) is 0 Å². The summed E-state index contributed by atoms with van der Waals surface area (Å²) in [5.41, 5.74) is 7.30. The van der Waals surface area contributed by atoms with Crippen LogP contribution in [0.25, 0.3) is 10.9 Å². The Hall–Kier alpha value is -2.59. The van der Waals surface area contributed by atoms with Crippen molar-refractivity contribution in [2.45, 2.75) is 6.42 Å². The third kappa shape index (κ3) is 4.19. The molecule has 1 heterocycles. The van der Waals surface area contributed by atoms with Gasteiger partial charge >= 0.3 is 0 Å². The van der Waals surface area contributed by atoms with Crippen molar-refractivity contribution in [1.82, 2.24) is 4.98 Å². The fourth-order valence-electron chi connectivity index (χ4n) is 1.91. The number of rotatable bonds is 2. The Kier molecular flexibility index (Phi) is 5.12. The lowest BCUT2D eigenvalue weighted by molar-refractivity contribution is 0.403. The van der Waals surface area contributed by atoms with Crippen LogP contribution < -0.4 is 5.73 Å². The van der Waals surface area contributed by atoms with Gasteiger partial charge in [-0.15, -0.1) is 0 Å². The number of hydrogen-bond donors (Lipinski definition) is 3. The van der Waals surface area contributed by atoms with E-state index in [4.69, 9.17) is 15.9 Å². The topological polar surface area (TPSA) is 79.4 Å². The van der Waals surface area contributed by atoms with Crippen LogP contribution in [0.2, 0.25) is 0 Å². The molecule has 0 bridgehead atoms. The number of aromatic hydroxyl groups is 2. The molecule has 0 saturated carbocycles. The molecule has 1 aromatic heterocycles. The van der Waals surface area contributed by atoms with Crippen LogP contribution >= 0.6 is 0 Å². The smallest absolute Gasteiger partial charge is 0.157 e. The molecule has 0 fully saturated rings. The average Bonchev–Trinajstić information content (AvgIpc) is 2.52. The van der Waals surface area contributed by atoms with E-state index < -0.39 is 0 Å². The quantitative estimate of drug-likeness (QED) is 0.631. The molecule has 4 nitrogen and oxygen atoms in total. The first-order valence-electron chi connectivity index (χ1n) is 6.71. The zero-order valence-electron chi connectivity index (χ0n) is 11.6. The number of benzene rings is 2. The van der Waals surface area contributed by atoms with Crippen molar-refractivity contribution in [1.29, 1.82) is 0 Å². The Morgan fingerprint density at radius 1 is 0.905 bits per heavy atom. The number of fused-ring (bicyclic) bond motifs is 1. The number of nitrogens with zero attached hydrogens (tertiary/aromatic N) is 1. The van der Waals surface area contributed by atoms with Crippen LogP contribution in [0.1, 0.15) is 5.56 Å². The largest absolute Gasteiger partial charge is 0.504 e. The molecule has 0 unspecified atom stereocenters. The number of aromatic nitrogens is 1. The van der Waals surface area contributed by atoms with Gasteiger partial charge in [0.05, 0.1) is 5.52 Å². The zero-order chi connectivity index (χ0) is 15.1. The maximum absolute atomic E-state index is 9.04. The van der Waals surface area contributed by atoms with Gasteiger partial charge in [-0.1, -0.05) is 30.3 Å². The second-order valence-corrected chi connectivity index (χ2v) is 4.56. The van der Waals surface area contributed by atoms with E-state index in [1.807, 2.05) is 30.5 Å². The molecular formula is C17H18N2O2. The van der Waals surface area contributed by atoms with Crippen LogP contribution in [0.5, 0.6) is 11.5 Å². The number of phenols is 2. The van der Waals surface area contributed by atoms with E-state index >= 15 is 0 Å². The van der Waals surface area contributed by atoms with Crippen LogP contribution in [0.15, 0.2) is 60.8 Å². The highest BCUT2D eigenvalue weighted by Gasteiger charge is 1.98. The average molecular weight is 282 g/mol. The molecule has 108 valence electrons. The van der Waals surface area contributed by atoms with Gasteiger partial charge in [-0.2, -0.15) is 0 Å². The molecule has 4 N–H and O–H groups in total. The first-order valence-corrected chi connectivity index (χ1v) is 6.71. The van der Waals surface area contributed by atoms with Gasteiger partial charge in [0.2, 0.25) is 0 Å². The molecule has 4 heteroatoms. The predicted molar refractivity (Wildman–Crippen MR) is 84.3 cm³/mol. The van der Waals surface area contributed by atoms with Crippen LogP contribution in [-0.2, 0) is 6.42 Å². The molecule has 0 saturated heterocycles. The molecule has 0 aliphatic carbocycles. The molecule has 0 spiro atoms. The fraction of sp³-hybridized carbons (Fsp3) is 0.118. The van der Waals surface area contributed by atoms with Crippen molar-refractivity contribution in [2.75, 3.05) is 6.54 Å². The van der Waals surface area contributed by atoms with Gasteiger partial charge in [0, 0.05) is 11.6 Å². The first kappa shape index (κ1) is 14.8. The van der Waals surface area contributed by atoms with E-state index in [0.717, 1.165) is 11.1 Å². The predicted octanol–water partition coefficient (Wildman–Crippen LogP) is 2.83. The molecule has 0 aliphatic heterocycles.